The number of halogens is 1. The first-order valence-corrected chi connectivity index (χ1v) is 8.31. The Bertz CT molecular complexity index is 410. The summed E-state index contributed by atoms with van der Waals surface area (Å²) in [6, 6.07) is 0.102. The first-order valence-electron chi connectivity index (χ1n) is 8.31. The van der Waals surface area contributed by atoms with Crippen molar-refractivity contribution in [3.8, 4) is 0 Å². The fourth-order valence-corrected chi connectivity index (χ4v) is 2.47. The molecule has 0 aromatic carbocycles. The number of hydrogen-bond donors (Lipinski definition) is 2. The zero-order chi connectivity index (χ0) is 17.5. The molecule has 1 amide bonds. The summed E-state index contributed by atoms with van der Waals surface area (Å²) in [7, 11) is 5.94. The summed E-state index contributed by atoms with van der Waals surface area (Å²) in [5, 5.41) is 6.32. The number of amides is 1. The number of rotatable bonds is 5. The van der Waals surface area contributed by atoms with Gasteiger partial charge in [0.15, 0.2) is 5.96 Å². The van der Waals surface area contributed by atoms with Gasteiger partial charge in [-0.05, 0) is 54.3 Å². The Balaban J connectivity index is 0.00000529. The van der Waals surface area contributed by atoms with Gasteiger partial charge in [0, 0.05) is 26.7 Å². The van der Waals surface area contributed by atoms with Crippen molar-refractivity contribution in [1.82, 2.24) is 20.4 Å². The minimum atomic E-state index is -0.466. The van der Waals surface area contributed by atoms with Crippen molar-refractivity contribution in [3.05, 3.63) is 0 Å². The van der Waals surface area contributed by atoms with E-state index in [1.54, 1.807) is 7.05 Å². The van der Waals surface area contributed by atoms with Crippen molar-refractivity contribution in [2.45, 2.75) is 45.3 Å². The van der Waals surface area contributed by atoms with Crippen molar-refractivity contribution in [2.24, 2.45) is 4.99 Å². The summed E-state index contributed by atoms with van der Waals surface area (Å²) in [6.07, 6.45) is 1.62. The number of nitrogens with one attached hydrogen (secondary N) is 2. The maximum absolute atomic E-state index is 11.8. The Hall–Kier alpha value is -0.770. The van der Waals surface area contributed by atoms with Gasteiger partial charge in [0.1, 0.15) is 5.60 Å². The molecule has 0 spiro atoms. The lowest BCUT2D eigenvalue weighted by Gasteiger charge is -2.23. The zero-order valence-corrected chi connectivity index (χ0v) is 18.2. The van der Waals surface area contributed by atoms with E-state index in [1.807, 2.05) is 20.8 Å². The smallest absolute Gasteiger partial charge is 0.407 e. The van der Waals surface area contributed by atoms with Crippen LogP contribution in [0.1, 0.15) is 33.6 Å². The molecule has 1 heterocycles. The molecule has 1 aliphatic heterocycles. The van der Waals surface area contributed by atoms with E-state index >= 15 is 0 Å². The van der Waals surface area contributed by atoms with E-state index < -0.39 is 5.60 Å². The second-order valence-electron chi connectivity index (χ2n) is 7.21. The maximum Gasteiger partial charge on any atom is 0.407 e. The van der Waals surface area contributed by atoms with Gasteiger partial charge in [-0.25, -0.2) is 4.79 Å². The van der Waals surface area contributed by atoms with Crippen molar-refractivity contribution in [3.63, 3.8) is 0 Å². The van der Waals surface area contributed by atoms with E-state index in [0.717, 1.165) is 45.0 Å². The van der Waals surface area contributed by atoms with Crippen LogP contribution in [-0.4, -0.2) is 80.8 Å². The van der Waals surface area contributed by atoms with Crippen molar-refractivity contribution < 1.29 is 9.53 Å². The molecule has 0 aromatic rings. The van der Waals surface area contributed by atoms with Crippen molar-refractivity contribution >= 4 is 36.0 Å². The Labute approximate surface area is 163 Å². The molecule has 1 unspecified atom stereocenters. The molecule has 1 atom stereocenters. The minimum absolute atomic E-state index is 0. The molecule has 1 aliphatic rings. The van der Waals surface area contributed by atoms with Crippen LogP contribution in [0.4, 0.5) is 4.79 Å². The Morgan fingerprint density at radius 1 is 1.38 bits per heavy atom. The van der Waals surface area contributed by atoms with E-state index in [0.29, 0.717) is 0 Å². The van der Waals surface area contributed by atoms with Crippen LogP contribution in [0.15, 0.2) is 4.99 Å². The molecule has 0 aliphatic carbocycles. The zero-order valence-electron chi connectivity index (χ0n) is 15.9. The summed E-state index contributed by atoms with van der Waals surface area (Å²) >= 11 is 0. The van der Waals surface area contributed by atoms with Crippen LogP contribution in [0.5, 0.6) is 0 Å². The van der Waals surface area contributed by atoms with Gasteiger partial charge in [0.2, 0.25) is 0 Å². The summed E-state index contributed by atoms with van der Waals surface area (Å²) in [5.41, 5.74) is -0.466. The highest BCUT2D eigenvalue weighted by Crippen LogP contribution is 2.11. The molecule has 1 rings (SSSR count). The second kappa shape index (κ2) is 11.0. The SMILES string of the molecule is CN=C(NCCCN(C)C)N1CCC(NC(=O)OC(C)(C)C)C1.I. The van der Waals surface area contributed by atoms with Crippen LogP contribution in [-0.2, 0) is 4.74 Å². The molecular weight excluding hydrogens is 421 g/mol. The predicted molar refractivity (Wildman–Crippen MR) is 109 cm³/mol. The molecule has 0 bridgehead atoms. The van der Waals surface area contributed by atoms with Crippen LogP contribution in [0.25, 0.3) is 0 Å². The standard InChI is InChI=1S/C16H33N5O2.HI/c1-16(2,3)23-15(22)19-13-8-11-21(12-13)14(17-4)18-9-7-10-20(5)6;/h13H,7-12H2,1-6H3,(H,17,18)(H,19,22);1H. The molecule has 1 saturated heterocycles. The summed E-state index contributed by atoms with van der Waals surface area (Å²) in [5.74, 6) is 0.900. The number of alkyl carbamates (subject to hydrolysis) is 1. The molecule has 8 heteroatoms. The molecule has 2 N–H and O–H groups in total. The van der Waals surface area contributed by atoms with Crippen LogP contribution in [0.2, 0.25) is 0 Å². The second-order valence-corrected chi connectivity index (χ2v) is 7.21. The molecule has 0 saturated carbocycles. The molecular formula is C16H34IN5O2. The van der Waals surface area contributed by atoms with Gasteiger partial charge in [-0.15, -0.1) is 24.0 Å². The quantitative estimate of drug-likeness (QED) is 0.286. The summed E-state index contributed by atoms with van der Waals surface area (Å²) in [4.78, 5) is 20.5. The lowest BCUT2D eigenvalue weighted by molar-refractivity contribution is 0.0507. The highest BCUT2D eigenvalue weighted by Gasteiger charge is 2.27. The van der Waals surface area contributed by atoms with E-state index in [4.69, 9.17) is 4.74 Å². The lowest BCUT2D eigenvalue weighted by Crippen LogP contribution is -2.44. The average molecular weight is 455 g/mol. The predicted octanol–water partition coefficient (Wildman–Crippen LogP) is 1.73. The third kappa shape index (κ3) is 9.51. The molecule has 142 valence electrons. The van der Waals surface area contributed by atoms with Gasteiger partial charge < -0.3 is 25.2 Å². The number of ether oxygens (including phenoxy) is 1. The molecule has 7 nitrogen and oxygen atoms in total. The Morgan fingerprint density at radius 2 is 2.04 bits per heavy atom. The van der Waals surface area contributed by atoms with Gasteiger partial charge in [-0.2, -0.15) is 0 Å². The lowest BCUT2D eigenvalue weighted by atomic mass is 10.2. The highest BCUT2D eigenvalue weighted by atomic mass is 127. The average Bonchev–Trinajstić information content (AvgIpc) is 2.84. The Morgan fingerprint density at radius 3 is 2.58 bits per heavy atom. The number of carbonyl (C=O) groups is 1. The number of carbonyl (C=O) groups excluding carboxylic acids is 1. The van der Waals surface area contributed by atoms with Crippen LogP contribution in [0.3, 0.4) is 0 Å². The maximum atomic E-state index is 11.8. The number of guanidine groups is 1. The van der Waals surface area contributed by atoms with Crippen LogP contribution >= 0.6 is 24.0 Å². The van der Waals surface area contributed by atoms with Crippen LogP contribution in [0, 0.1) is 0 Å². The van der Waals surface area contributed by atoms with E-state index in [-0.39, 0.29) is 36.1 Å². The van der Waals surface area contributed by atoms with Gasteiger partial charge in [0.25, 0.3) is 0 Å². The van der Waals surface area contributed by atoms with E-state index in [1.165, 1.54) is 0 Å². The molecule has 0 aromatic heterocycles. The highest BCUT2D eigenvalue weighted by molar-refractivity contribution is 14.0. The molecule has 0 radical (unpaired) electrons. The van der Waals surface area contributed by atoms with Gasteiger partial charge in [-0.1, -0.05) is 0 Å². The first-order chi connectivity index (χ1) is 10.7. The first kappa shape index (κ1) is 23.2. The normalized spacial score (nSPS) is 18.4. The minimum Gasteiger partial charge on any atom is -0.444 e. The fraction of sp³-hybridized carbons (Fsp3) is 0.875. The van der Waals surface area contributed by atoms with E-state index in [9.17, 15) is 4.79 Å². The number of nitrogens with zero attached hydrogens (tertiary/aromatic N) is 3. The summed E-state index contributed by atoms with van der Waals surface area (Å²) in [6.45, 7) is 9.19. The number of likely N-dealkylation sites (tertiary alicyclic amines) is 1. The van der Waals surface area contributed by atoms with Crippen molar-refractivity contribution in [1.29, 1.82) is 0 Å². The monoisotopic (exact) mass is 455 g/mol. The number of hydrogen-bond acceptors (Lipinski definition) is 4. The van der Waals surface area contributed by atoms with Crippen LogP contribution < -0.4 is 10.6 Å². The van der Waals surface area contributed by atoms with Gasteiger partial charge >= 0.3 is 6.09 Å². The summed E-state index contributed by atoms with van der Waals surface area (Å²) < 4.78 is 5.30. The van der Waals surface area contributed by atoms with Gasteiger partial charge in [-0.3, -0.25) is 4.99 Å². The Kier molecular flexibility index (Phi) is 10.6. The largest absolute Gasteiger partial charge is 0.444 e. The molecule has 24 heavy (non-hydrogen) atoms. The third-order valence-electron chi connectivity index (χ3n) is 3.49. The fourth-order valence-electron chi connectivity index (χ4n) is 2.47. The number of aliphatic imine (C=N–C) groups is 1. The topological polar surface area (TPSA) is 69.2 Å². The van der Waals surface area contributed by atoms with Gasteiger partial charge in [0.05, 0.1) is 6.04 Å². The molecule has 1 fully saturated rings. The third-order valence-corrected chi connectivity index (χ3v) is 3.49. The van der Waals surface area contributed by atoms with E-state index in [2.05, 4.69) is 39.5 Å². The van der Waals surface area contributed by atoms with Crippen molar-refractivity contribution in [2.75, 3.05) is 47.3 Å².